The highest BCUT2D eigenvalue weighted by molar-refractivity contribution is 7.17. The van der Waals surface area contributed by atoms with Gasteiger partial charge in [-0.2, -0.15) is 0 Å². The Bertz CT molecular complexity index is 1050. The number of rotatable bonds is 6. The van der Waals surface area contributed by atoms with Crippen LogP contribution in [0.15, 0.2) is 30.3 Å². The topological polar surface area (TPSA) is 98.5 Å². The lowest BCUT2D eigenvalue weighted by Crippen LogP contribution is -2.23. The van der Waals surface area contributed by atoms with Gasteiger partial charge in [-0.15, -0.1) is 11.3 Å². The summed E-state index contributed by atoms with van der Waals surface area (Å²) >= 11 is 1.39. The quantitative estimate of drug-likeness (QED) is 0.689. The monoisotopic (exact) mass is 424 g/mol. The standard InChI is InChI=1S/C23H24N2O4S/c1-13-10-14(16-7-3-2-6-15(13)16)11-20(27)29-12-19(26)25-23-21(22(24)28)17-8-4-5-9-18(17)30-23/h2-3,6-7,10,13H,4-5,8-9,11-12H2,1H3,(H2,24,28)(H,25,26). The second-order valence-electron chi connectivity index (χ2n) is 7.73. The second-order valence-corrected chi connectivity index (χ2v) is 8.84. The summed E-state index contributed by atoms with van der Waals surface area (Å²) in [7, 11) is 0. The molecule has 1 heterocycles. The van der Waals surface area contributed by atoms with E-state index in [0.717, 1.165) is 47.3 Å². The fourth-order valence-electron chi connectivity index (χ4n) is 4.25. The van der Waals surface area contributed by atoms with Crippen LogP contribution in [0, 0.1) is 0 Å². The summed E-state index contributed by atoms with van der Waals surface area (Å²) in [4.78, 5) is 37.6. The van der Waals surface area contributed by atoms with E-state index in [1.54, 1.807) is 0 Å². The van der Waals surface area contributed by atoms with Crippen LogP contribution in [-0.2, 0) is 27.2 Å². The summed E-state index contributed by atoms with van der Waals surface area (Å²) in [5.41, 5.74) is 10.1. The van der Waals surface area contributed by atoms with Crippen molar-refractivity contribution < 1.29 is 19.1 Å². The summed E-state index contributed by atoms with van der Waals surface area (Å²) < 4.78 is 5.19. The fourth-order valence-corrected chi connectivity index (χ4v) is 5.56. The summed E-state index contributed by atoms with van der Waals surface area (Å²) in [5, 5.41) is 3.16. The molecular formula is C23H24N2O4S. The molecule has 2 aliphatic carbocycles. The van der Waals surface area contributed by atoms with Gasteiger partial charge in [-0.3, -0.25) is 14.4 Å². The van der Waals surface area contributed by atoms with E-state index in [1.807, 2.05) is 18.2 Å². The molecule has 1 aromatic heterocycles. The maximum atomic E-state index is 12.3. The molecule has 7 heteroatoms. The van der Waals surface area contributed by atoms with Gasteiger partial charge >= 0.3 is 5.97 Å². The molecule has 0 bridgehead atoms. The number of thiophene rings is 1. The first-order valence-corrected chi connectivity index (χ1v) is 11.0. The molecule has 0 spiro atoms. The number of amides is 2. The minimum absolute atomic E-state index is 0.120. The van der Waals surface area contributed by atoms with E-state index in [1.165, 1.54) is 16.9 Å². The Morgan fingerprint density at radius 2 is 1.97 bits per heavy atom. The highest BCUT2D eigenvalue weighted by atomic mass is 32.1. The maximum Gasteiger partial charge on any atom is 0.310 e. The minimum atomic E-state index is -0.539. The van der Waals surface area contributed by atoms with Gasteiger partial charge in [0.25, 0.3) is 11.8 Å². The zero-order valence-corrected chi connectivity index (χ0v) is 17.6. The average Bonchev–Trinajstić information content (AvgIpc) is 3.24. The Labute approximate surface area is 179 Å². The van der Waals surface area contributed by atoms with Crippen molar-refractivity contribution in [2.45, 2.75) is 44.9 Å². The zero-order chi connectivity index (χ0) is 21.3. The van der Waals surface area contributed by atoms with E-state index >= 15 is 0 Å². The lowest BCUT2D eigenvalue weighted by atomic mass is 9.95. The van der Waals surface area contributed by atoms with Gasteiger partial charge in [-0.1, -0.05) is 37.3 Å². The molecule has 0 radical (unpaired) electrons. The zero-order valence-electron chi connectivity index (χ0n) is 16.8. The number of nitrogens with two attached hydrogens (primary N) is 1. The van der Waals surface area contributed by atoms with E-state index in [-0.39, 0.29) is 12.3 Å². The smallest absolute Gasteiger partial charge is 0.310 e. The van der Waals surface area contributed by atoms with Gasteiger partial charge in [0.05, 0.1) is 12.0 Å². The predicted octanol–water partition coefficient (Wildman–Crippen LogP) is 3.80. The predicted molar refractivity (Wildman–Crippen MR) is 117 cm³/mol. The molecule has 2 aromatic rings. The summed E-state index contributed by atoms with van der Waals surface area (Å²) in [6, 6.07) is 7.98. The number of benzene rings is 1. The molecule has 0 saturated carbocycles. The SMILES string of the molecule is CC1C=C(CC(=O)OCC(=O)Nc2sc3c(c2C(N)=O)CCCC3)c2ccccc21. The summed E-state index contributed by atoms with van der Waals surface area (Å²) in [5.74, 6) is -1.22. The lowest BCUT2D eigenvalue weighted by molar-refractivity contribution is -0.146. The van der Waals surface area contributed by atoms with Crippen LogP contribution >= 0.6 is 11.3 Å². The van der Waals surface area contributed by atoms with Gasteiger partial charge in [0, 0.05) is 10.8 Å². The number of anilines is 1. The van der Waals surface area contributed by atoms with Crippen LogP contribution in [0.1, 0.15) is 64.0 Å². The van der Waals surface area contributed by atoms with Crippen LogP contribution in [0.3, 0.4) is 0 Å². The van der Waals surface area contributed by atoms with Crippen molar-refractivity contribution in [3.63, 3.8) is 0 Å². The van der Waals surface area contributed by atoms with Gasteiger partial charge in [-0.25, -0.2) is 0 Å². The molecule has 3 N–H and O–H groups in total. The summed E-state index contributed by atoms with van der Waals surface area (Å²) in [6.45, 7) is 1.69. The number of carbonyl (C=O) groups is 3. The second kappa shape index (κ2) is 8.44. The Morgan fingerprint density at radius 1 is 1.20 bits per heavy atom. The van der Waals surface area contributed by atoms with E-state index < -0.39 is 24.4 Å². The number of aryl methyl sites for hydroxylation is 1. The number of fused-ring (bicyclic) bond motifs is 2. The van der Waals surface area contributed by atoms with Crippen molar-refractivity contribution in [1.82, 2.24) is 0 Å². The number of ether oxygens (including phenoxy) is 1. The van der Waals surface area contributed by atoms with Crippen molar-refractivity contribution in [3.05, 3.63) is 57.5 Å². The molecule has 2 amide bonds. The number of nitrogens with one attached hydrogen (secondary N) is 1. The van der Waals surface area contributed by atoms with Crippen LogP contribution in [0.25, 0.3) is 5.57 Å². The normalized spacial score (nSPS) is 17.0. The Hall–Kier alpha value is -2.93. The van der Waals surface area contributed by atoms with Gasteiger partial charge < -0.3 is 15.8 Å². The number of hydrogen-bond acceptors (Lipinski definition) is 5. The molecule has 30 heavy (non-hydrogen) atoms. The number of allylic oxidation sites excluding steroid dienone is 1. The largest absolute Gasteiger partial charge is 0.455 e. The third-order valence-electron chi connectivity index (χ3n) is 5.62. The van der Waals surface area contributed by atoms with E-state index in [0.29, 0.717) is 10.6 Å². The first-order chi connectivity index (χ1) is 14.4. The van der Waals surface area contributed by atoms with E-state index in [9.17, 15) is 14.4 Å². The van der Waals surface area contributed by atoms with Gasteiger partial charge in [0.15, 0.2) is 6.61 Å². The van der Waals surface area contributed by atoms with E-state index in [2.05, 4.69) is 24.4 Å². The van der Waals surface area contributed by atoms with Gasteiger partial charge in [0.2, 0.25) is 0 Å². The van der Waals surface area contributed by atoms with Crippen molar-refractivity contribution in [1.29, 1.82) is 0 Å². The molecule has 0 aliphatic heterocycles. The molecule has 2 aliphatic rings. The highest BCUT2D eigenvalue weighted by Crippen LogP contribution is 2.38. The first-order valence-electron chi connectivity index (χ1n) is 10.1. The molecule has 0 fully saturated rings. The third kappa shape index (κ3) is 4.03. The molecule has 1 atom stereocenters. The van der Waals surface area contributed by atoms with Crippen LogP contribution < -0.4 is 11.1 Å². The highest BCUT2D eigenvalue weighted by Gasteiger charge is 2.26. The Kier molecular flexibility index (Phi) is 5.72. The van der Waals surface area contributed by atoms with Crippen molar-refractivity contribution in [2.24, 2.45) is 5.73 Å². The number of hydrogen-bond donors (Lipinski definition) is 2. The molecule has 1 aromatic carbocycles. The summed E-state index contributed by atoms with van der Waals surface area (Å²) in [6.07, 6.45) is 5.93. The first kappa shape index (κ1) is 20.3. The van der Waals surface area contributed by atoms with Crippen LogP contribution in [0.2, 0.25) is 0 Å². The third-order valence-corrected chi connectivity index (χ3v) is 6.83. The number of esters is 1. The molecule has 4 rings (SSSR count). The van der Waals surface area contributed by atoms with Gasteiger partial charge in [-0.05, 0) is 47.9 Å². The maximum absolute atomic E-state index is 12.3. The molecular weight excluding hydrogens is 400 g/mol. The molecule has 156 valence electrons. The van der Waals surface area contributed by atoms with Crippen LogP contribution in [0.5, 0.6) is 0 Å². The molecule has 0 saturated heterocycles. The molecule has 6 nitrogen and oxygen atoms in total. The lowest BCUT2D eigenvalue weighted by Gasteiger charge is -2.11. The fraction of sp³-hybridized carbons (Fsp3) is 0.348. The van der Waals surface area contributed by atoms with Gasteiger partial charge in [0.1, 0.15) is 5.00 Å². The van der Waals surface area contributed by atoms with Crippen molar-refractivity contribution >= 4 is 39.7 Å². The minimum Gasteiger partial charge on any atom is -0.455 e. The average molecular weight is 425 g/mol. The van der Waals surface area contributed by atoms with E-state index in [4.69, 9.17) is 10.5 Å². The van der Waals surface area contributed by atoms with Crippen molar-refractivity contribution in [3.8, 4) is 0 Å². The number of primary amides is 1. The van der Waals surface area contributed by atoms with Crippen LogP contribution in [0.4, 0.5) is 5.00 Å². The van der Waals surface area contributed by atoms with Crippen molar-refractivity contribution in [2.75, 3.05) is 11.9 Å². The molecule has 1 unspecified atom stereocenters. The van der Waals surface area contributed by atoms with Crippen LogP contribution in [-0.4, -0.2) is 24.4 Å². The number of carbonyl (C=O) groups excluding carboxylic acids is 3. The Balaban J connectivity index is 1.36. The Morgan fingerprint density at radius 3 is 2.77 bits per heavy atom.